The van der Waals surface area contributed by atoms with Crippen molar-refractivity contribution < 1.29 is 9.53 Å². The first kappa shape index (κ1) is 24.8. The quantitative estimate of drug-likeness (QED) is 0.244. The Labute approximate surface area is 213 Å². The van der Waals surface area contributed by atoms with Crippen molar-refractivity contribution in [3.63, 3.8) is 0 Å². The Balaban J connectivity index is 1.79. The van der Waals surface area contributed by atoms with Gasteiger partial charge in [-0.25, -0.2) is 4.98 Å². The van der Waals surface area contributed by atoms with Gasteiger partial charge in [-0.05, 0) is 66.1 Å². The number of thioether (sulfide) groups is 1. The molecule has 4 rings (SSSR count). The fourth-order valence-electron chi connectivity index (χ4n) is 3.54. The van der Waals surface area contributed by atoms with Gasteiger partial charge in [0.05, 0.1) is 23.7 Å². The Kier molecular flexibility index (Phi) is 7.78. The van der Waals surface area contributed by atoms with E-state index in [4.69, 9.17) is 21.3 Å². The molecule has 1 amide bonds. The number of nitrogens with zero attached hydrogens (tertiary/aromatic N) is 2. The third-order valence-electron chi connectivity index (χ3n) is 5.36. The molecule has 0 bridgehead atoms. The number of nitrogens with one attached hydrogen (secondary N) is 1. The van der Waals surface area contributed by atoms with Crippen LogP contribution in [0.5, 0.6) is 5.75 Å². The number of carbonyl (C=O) groups is 1. The fourth-order valence-corrected chi connectivity index (χ4v) is 4.70. The maximum absolute atomic E-state index is 13.6. The van der Waals surface area contributed by atoms with Crippen molar-refractivity contribution in [1.29, 1.82) is 0 Å². The summed E-state index contributed by atoms with van der Waals surface area (Å²) in [6, 6.07) is 19.9. The molecule has 1 N–H and O–H groups in total. The molecule has 0 aliphatic heterocycles. The number of aromatic nitrogens is 2. The van der Waals surface area contributed by atoms with Crippen LogP contribution in [0.2, 0.25) is 5.02 Å². The number of methoxy groups -OCH3 is 1. The van der Waals surface area contributed by atoms with Crippen molar-refractivity contribution in [2.24, 2.45) is 5.92 Å². The fraction of sp³-hybridized carbons (Fsp3) is 0.222. The molecule has 0 radical (unpaired) electrons. The number of halogens is 1. The Hall–Kier alpha value is -3.29. The van der Waals surface area contributed by atoms with E-state index in [0.717, 1.165) is 5.56 Å². The zero-order chi connectivity index (χ0) is 24.9. The largest absolute Gasteiger partial charge is 0.497 e. The zero-order valence-electron chi connectivity index (χ0n) is 19.7. The van der Waals surface area contributed by atoms with Crippen molar-refractivity contribution in [2.75, 3.05) is 13.7 Å². The Morgan fingerprint density at radius 3 is 2.57 bits per heavy atom. The van der Waals surface area contributed by atoms with Gasteiger partial charge in [-0.2, -0.15) is 0 Å². The number of hydrogen-bond acceptors (Lipinski definition) is 5. The van der Waals surface area contributed by atoms with Gasteiger partial charge < -0.3 is 10.1 Å². The third kappa shape index (κ3) is 5.86. The van der Waals surface area contributed by atoms with E-state index in [1.807, 2.05) is 50.2 Å². The van der Waals surface area contributed by atoms with E-state index >= 15 is 0 Å². The highest BCUT2D eigenvalue weighted by molar-refractivity contribution is 7.98. The maximum atomic E-state index is 13.6. The summed E-state index contributed by atoms with van der Waals surface area (Å²) in [5.74, 6) is 1.42. The number of rotatable bonds is 8. The number of hydrogen-bond donors (Lipinski definition) is 1. The van der Waals surface area contributed by atoms with Crippen molar-refractivity contribution in [3.8, 4) is 11.4 Å². The normalized spacial score (nSPS) is 11.1. The smallest absolute Gasteiger partial charge is 0.266 e. The average molecular weight is 508 g/mol. The van der Waals surface area contributed by atoms with Gasteiger partial charge in [-0.3, -0.25) is 14.2 Å². The molecule has 6 nitrogen and oxygen atoms in total. The summed E-state index contributed by atoms with van der Waals surface area (Å²) < 4.78 is 6.86. The summed E-state index contributed by atoms with van der Waals surface area (Å²) in [5, 5.41) is 4.52. The van der Waals surface area contributed by atoms with Crippen LogP contribution in [-0.4, -0.2) is 29.1 Å². The van der Waals surface area contributed by atoms with Crippen LogP contribution in [0.4, 0.5) is 0 Å². The lowest BCUT2D eigenvalue weighted by molar-refractivity contribution is 0.0949. The van der Waals surface area contributed by atoms with Gasteiger partial charge in [-0.15, -0.1) is 0 Å². The van der Waals surface area contributed by atoms with Gasteiger partial charge in [0.15, 0.2) is 5.16 Å². The van der Waals surface area contributed by atoms with E-state index in [1.165, 1.54) is 11.8 Å². The Morgan fingerprint density at radius 1 is 1.11 bits per heavy atom. The number of ether oxygens (including phenoxy) is 1. The van der Waals surface area contributed by atoms with Crippen LogP contribution in [0.1, 0.15) is 29.8 Å². The summed E-state index contributed by atoms with van der Waals surface area (Å²) in [6.45, 7) is 4.64. The molecule has 0 fully saturated rings. The maximum Gasteiger partial charge on any atom is 0.266 e. The topological polar surface area (TPSA) is 73.2 Å². The van der Waals surface area contributed by atoms with E-state index in [-0.39, 0.29) is 11.5 Å². The minimum Gasteiger partial charge on any atom is -0.497 e. The first-order valence-electron chi connectivity index (χ1n) is 11.2. The molecule has 0 aliphatic rings. The van der Waals surface area contributed by atoms with Gasteiger partial charge in [0, 0.05) is 22.9 Å². The number of amides is 1. The molecule has 180 valence electrons. The summed E-state index contributed by atoms with van der Waals surface area (Å²) in [6.07, 6.45) is 0. The van der Waals surface area contributed by atoms with Gasteiger partial charge in [0.1, 0.15) is 5.75 Å². The van der Waals surface area contributed by atoms with E-state index in [1.54, 1.807) is 42.0 Å². The Bertz CT molecular complexity index is 1420. The molecule has 35 heavy (non-hydrogen) atoms. The first-order chi connectivity index (χ1) is 16.9. The predicted molar refractivity (Wildman–Crippen MR) is 142 cm³/mol. The first-order valence-corrected chi connectivity index (χ1v) is 12.6. The van der Waals surface area contributed by atoms with Crippen LogP contribution in [0.3, 0.4) is 0 Å². The SMILES string of the molecule is COc1ccc(-n2c(SCc3cccc(Cl)c3)nc3cc(C(=O)NCC(C)C)ccc3c2=O)cc1. The van der Waals surface area contributed by atoms with Gasteiger partial charge in [0.2, 0.25) is 0 Å². The molecule has 0 unspecified atom stereocenters. The lowest BCUT2D eigenvalue weighted by Crippen LogP contribution is -2.27. The van der Waals surface area contributed by atoms with Crippen LogP contribution >= 0.6 is 23.4 Å². The summed E-state index contributed by atoms with van der Waals surface area (Å²) in [7, 11) is 1.60. The van der Waals surface area contributed by atoms with E-state index in [0.29, 0.717) is 56.3 Å². The molecule has 4 aromatic rings. The van der Waals surface area contributed by atoms with Crippen LogP contribution in [0, 0.1) is 5.92 Å². The molecule has 1 heterocycles. The molecule has 1 aromatic heterocycles. The number of fused-ring (bicyclic) bond motifs is 1. The highest BCUT2D eigenvalue weighted by Gasteiger charge is 2.16. The van der Waals surface area contributed by atoms with Crippen molar-refractivity contribution in [3.05, 3.63) is 93.2 Å². The standard InChI is InChI=1S/C27H26ClN3O3S/c1-17(2)15-29-25(32)19-7-12-23-24(14-19)30-27(35-16-18-5-4-6-20(28)13-18)31(26(23)33)21-8-10-22(34-3)11-9-21/h4-14,17H,15-16H2,1-3H3,(H,29,32). The van der Waals surface area contributed by atoms with Crippen LogP contribution in [-0.2, 0) is 5.75 Å². The molecule has 0 saturated carbocycles. The van der Waals surface area contributed by atoms with Crippen molar-refractivity contribution in [1.82, 2.24) is 14.9 Å². The molecule has 8 heteroatoms. The van der Waals surface area contributed by atoms with Crippen LogP contribution < -0.4 is 15.6 Å². The number of carbonyl (C=O) groups excluding carboxylic acids is 1. The zero-order valence-corrected chi connectivity index (χ0v) is 21.3. The van der Waals surface area contributed by atoms with E-state index < -0.39 is 0 Å². The van der Waals surface area contributed by atoms with E-state index in [2.05, 4.69) is 5.32 Å². The van der Waals surface area contributed by atoms with Crippen LogP contribution in [0.15, 0.2) is 76.7 Å². The summed E-state index contributed by atoms with van der Waals surface area (Å²) in [5.41, 5.74) is 2.43. The third-order valence-corrected chi connectivity index (χ3v) is 6.60. The van der Waals surface area contributed by atoms with Crippen molar-refractivity contribution >= 4 is 40.2 Å². The molecule has 0 atom stereocenters. The second kappa shape index (κ2) is 11.0. The van der Waals surface area contributed by atoms with Crippen LogP contribution in [0.25, 0.3) is 16.6 Å². The van der Waals surface area contributed by atoms with E-state index in [9.17, 15) is 9.59 Å². The van der Waals surface area contributed by atoms with Crippen molar-refractivity contribution in [2.45, 2.75) is 24.8 Å². The second-order valence-electron chi connectivity index (χ2n) is 8.49. The minimum absolute atomic E-state index is 0.185. The molecule has 0 aliphatic carbocycles. The molecule has 0 spiro atoms. The number of benzene rings is 3. The molecular formula is C27H26ClN3O3S. The molecule has 3 aromatic carbocycles. The molecule has 0 saturated heterocycles. The van der Waals surface area contributed by atoms with Gasteiger partial charge >= 0.3 is 0 Å². The second-order valence-corrected chi connectivity index (χ2v) is 9.87. The Morgan fingerprint density at radius 2 is 1.89 bits per heavy atom. The predicted octanol–water partition coefficient (Wildman–Crippen LogP) is 5.73. The van der Waals surface area contributed by atoms with Gasteiger partial charge in [0.25, 0.3) is 11.5 Å². The molecular weight excluding hydrogens is 482 g/mol. The highest BCUT2D eigenvalue weighted by atomic mass is 35.5. The summed E-state index contributed by atoms with van der Waals surface area (Å²) >= 11 is 7.58. The summed E-state index contributed by atoms with van der Waals surface area (Å²) in [4.78, 5) is 31.0. The monoisotopic (exact) mass is 507 g/mol. The minimum atomic E-state index is -0.206. The van der Waals surface area contributed by atoms with Gasteiger partial charge in [-0.1, -0.05) is 49.3 Å². The average Bonchev–Trinajstić information content (AvgIpc) is 2.86. The lowest BCUT2D eigenvalue weighted by atomic mass is 10.1. The lowest BCUT2D eigenvalue weighted by Gasteiger charge is -2.14. The highest BCUT2D eigenvalue weighted by Crippen LogP contribution is 2.27.